The van der Waals surface area contributed by atoms with E-state index in [1.54, 1.807) is 16.4 Å². The van der Waals surface area contributed by atoms with E-state index in [2.05, 4.69) is 13.8 Å². The summed E-state index contributed by atoms with van der Waals surface area (Å²) < 4.78 is 27.1. The minimum Gasteiger partial charge on any atom is -0.207 e. The second-order valence-corrected chi connectivity index (χ2v) is 7.30. The Morgan fingerprint density at radius 2 is 1.50 bits per heavy atom. The first-order valence-electron chi connectivity index (χ1n) is 7.50. The summed E-state index contributed by atoms with van der Waals surface area (Å²) in [6, 6.07) is 5.40. The van der Waals surface area contributed by atoms with E-state index in [1.165, 1.54) is 0 Å². The fraction of sp³-hybridized carbons (Fsp3) is 0.625. The number of aryl methyl sites for hydroxylation is 2. The summed E-state index contributed by atoms with van der Waals surface area (Å²) in [5.74, 6) is 0. The zero-order valence-corrected chi connectivity index (χ0v) is 14.0. The van der Waals surface area contributed by atoms with E-state index in [-0.39, 0.29) is 0 Å². The minimum atomic E-state index is -3.35. The van der Waals surface area contributed by atoms with Crippen molar-refractivity contribution in [1.29, 1.82) is 0 Å². The maximum absolute atomic E-state index is 12.7. The maximum Gasteiger partial charge on any atom is 0.243 e. The molecule has 0 aliphatic heterocycles. The van der Waals surface area contributed by atoms with Gasteiger partial charge in [0.15, 0.2) is 0 Å². The molecule has 0 unspecified atom stereocenters. The highest BCUT2D eigenvalue weighted by Crippen LogP contribution is 2.20. The van der Waals surface area contributed by atoms with Crippen LogP contribution in [0.2, 0.25) is 0 Å². The van der Waals surface area contributed by atoms with Crippen LogP contribution in [0.1, 0.15) is 50.7 Å². The second kappa shape index (κ2) is 7.79. The minimum absolute atomic E-state index is 0.424. The third-order valence-corrected chi connectivity index (χ3v) is 5.53. The smallest absolute Gasteiger partial charge is 0.207 e. The molecule has 0 saturated heterocycles. The molecule has 0 spiro atoms. The molecule has 0 aliphatic carbocycles. The van der Waals surface area contributed by atoms with Gasteiger partial charge in [0.1, 0.15) is 0 Å². The molecule has 1 aromatic rings. The average molecular weight is 297 g/mol. The molecule has 20 heavy (non-hydrogen) atoms. The molecule has 0 saturated carbocycles. The summed E-state index contributed by atoms with van der Waals surface area (Å²) in [7, 11) is -3.35. The van der Waals surface area contributed by atoms with Gasteiger partial charge in [-0.15, -0.1) is 0 Å². The molecule has 0 atom stereocenters. The van der Waals surface area contributed by atoms with E-state index in [0.717, 1.165) is 36.8 Å². The SMILES string of the molecule is CCCCN(CCCC)S(=O)(=O)c1ccc(C)c(C)c1. The highest BCUT2D eigenvalue weighted by molar-refractivity contribution is 7.89. The topological polar surface area (TPSA) is 37.4 Å². The van der Waals surface area contributed by atoms with E-state index in [1.807, 2.05) is 19.9 Å². The highest BCUT2D eigenvalue weighted by atomic mass is 32.2. The van der Waals surface area contributed by atoms with Crippen molar-refractivity contribution in [3.05, 3.63) is 29.3 Å². The predicted octanol–water partition coefficient (Wildman–Crippen LogP) is 3.89. The lowest BCUT2D eigenvalue weighted by Gasteiger charge is -2.22. The van der Waals surface area contributed by atoms with Crippen LogP contribution >= 0.6 is 0 Å². The molecule has 4 heteroatoms. The van der Waals surface area contributed by atoms with Crippen LogP contribution in [0.15, 0.2) is 23.1 Å². The van der Waals surface area contributed by atoms with Crippen molar-refractivity contribution in [2.45, 2.75) is 58.3 Å². The van der Waals surface area contributed by atoms with Crippen molar-refractivity contribution in [2.24, 2.45) is 0 Å². The van der Waals surface area contributed by atoms with Gasteiger partial charge < -0.3 is 0 Å². The van der Waals surface area contributed by atoms with Crippen molar-refractivity contribution < 1.29 is 8.42 Å². The Kier molecular flexibility index (Phi) is 6.69. The summed E-state index contributed by atoms with van der Waals surface area (Å²) in [6.45, 7) is 9.35. The zero-order valence-electron chi connectivity index (χ0n) is 13.1. The molecule has 1 aromatic carbocycles. The third-order valence-electron chi connectivity index (χ3n) is 3.64. The maximum atomic E-state index is 12.7. The van der Waals surface area contributed by atoms with Crippen molar-refractivity contribution in [1.82, 2.24) is 4.31 Å². The number of nitrogens with zero attached hydrogens (tertiary/aromatic N) is 1. The molecule has 3 nitrogen and oxygen atoms in total. The van der Waals surface area contributed by atoms with Crippen LogP contribution in [0.25, 0.3) is 0 Å². The van der Waals surface area contributed by atoms with Crippen LogP contribution in [-0.4, -0.2) is 25.8 Å². The number of hydrogen-bond donors (Lipinski definition) is 0. The molecule has 0 aromatic heterocycles. The van der Waals surface area contributed by atoms with Gasteiger partial charge in [-0.3, -0.25) is 0 Å². The van der Waals surface area contributed by atoms with Crippen molar-refractivity contribution >= 4 is 10.0 Å². The second-order valence-electron chi connectivity index (χ2n) is 5.36. The molecule has 0 amide bonds. The number of rotatable bonds is 8. The summed E-state index contributed by atoms with van der Waals surface area (Å²) in [5.41, 5.74) is 2.15. The zero-order chi connectivity index (χ0) is 15.2. The van der Waals surface area contributed by atoms with Crippen LogP contribution in [0.3, 0.4) is 0 Å². The number of sulfonamides is 1. The average Bonchev–Trinajstić information content (AvgIpc) is 2.41. The Bertz CT molecular complexity index is 515. The molecule has 0 radical (unpaired) electrons. The predicted molar refractivity (Wildman–Crippen MR) is 84.5 cm³/mol. The van der Waals surface area contributed by atoms with E-state index in [4.69, 9.17) is 0 Å². The fourth-order valence-electron chi connectivity index (χ4n) is 2.04. The molecule has 114 valence electrons. The lowest BCUT2D eigenvalue weighted by molar-refractivity contribution is 0.395. The van der Waals surface area contributed by atoms with Crippen LogP contribution in [0.5, 0.6) is 0 Å². The molecule has 1 rings (SSSR count). The first kappa shape index (κ1) is 17.2. The van der Waals surface area contributed by atoms with Crippen molar-refractivity contribution in [3.8, 4) is 0 Å². The summed E-state index contributed by atoms with van der Waals surface area (Å²) >= 11 is 0. The summed E-state index contributed by atoms with van der Waals surface area (Å²) in [6.07, 6.45) is 3.83. The van der Waals surface area contributed by atoms with Crippen molar-refractivity contribution in [2.75, 3.05) is 13.1 Å². The Morgan fingerprint density at radius 3 is 1.95 bits per heavy atom. The van der Waals surface area contributed by atoms with E-state index in [9.17, 15) is 8.42 Å². The molecule has 0 N–H and O–H groups in total. The van der Waals surface area contributed by atoms with Gasteiger partial charge in [-0.25, -0.2) is 8.42 Å². The molecule has 0 bridgehead atoms. The van der Waals surface area contributed by atoms with Gasteiger partial charge in [0.25, 0.3) is 0 Å². The molecule has 0 fully saturated rings. The Morgan fingerprint density at radius 1 is 0.950 bits per heavy atom. The Balaban J connectivity index is 3.03. The van der Waals surface area contributed by atoms with Crippen LogP contribution < -0.4 is 0 Å². The third kappa shape index (κ3) is 4.32. The normalized spacial score (nSPS) is 12.1. The molecular weight excluding hydrogens is 270 g/mol. The van der Waals surface area contributed by atoms with Gasteiger partial charge in [-0.1, -0.05) is 32.8 Å². The van der Waals surface area contributed by atoms with Crippen molar-refractivity contribution in [3.63, 3.8) is 0 Å². The molecular formula is C16H27NO2S. The van der Waals surface area contributed by atoms with Gasteiger partial charge >= 0.3 is 0 Å². The highest BCUT2D eigenvalue weighted by Gasteiger charge is 2.23. The lowest BCUT2D eigenvalue weighted by Crippen LogP contribution is -2.33. The quantitative estimate of drug-likeness (QED) is 0.730. The number of benzene rings is 1. The number of unbranched alkanes of at least 4 members (excludes halogenated alkanes) is 2. The Labute approximate surface area is 124 Å². The molecule has 0 heterocycles. The van der Waals surface area contributed by atoms with Gasteiger partial charge in [-0.05, 0) is 49.9 Å². The molecule has 0 aliphatic rings. The Hall–Kier alpha value is -0.870. The summed E-state index contributed by atoms with van der Waals surface area (Å²) in [5, 5.41) is 0. The monoisotopic (exact) mass is 297 g/mol. The van der Waals surface area contributed by atoms with E-state index >= 15 is 0 Å². The largest absolute Gasteiger partial charge is 0.243 e. The van der Waals surface area contributed by atoms with Gasteiger partial charge in [-0.2, -0.15) is 4.31 Å². The first-order valence-corrected chi connectivity index (χ1v) is 8.94. The lowest BCUT2D eigenvalue weighted by atomic mass is 10.1. The van der Waals surface area contributed by atoms with Crippen LogP contribution in [-0.2, 0) is 10.0 Å². The first-order chi connectivity index (χ1) is 9.43. The van der Waals surface area contributed by atoms with E-state index in [0.29, 0.717) is 18.0 Å². The standard InChI is InChI=1S/C16H27NO2S/c1-5-7-11-17(12-8-6-2)20(18,19)16-10-9-14(3)15(4)13-16/h9-10,13H,5-8,11-12H2,1-4H3. The van der Waals surface area contributed by atoms with Crippen LogP contribution in [0.4, 0.5) is 0 Å². The fourth-order valence-corrected chi connectivity index (χ4v) is 3.65. The summed E-state index contributed by atoms with van der Waals surface area (Å²) in [4.78, 5) is 0.424. The number of hydrogen-bond acceptors (Lipinski definition) is 2. The van der Waals surface area contributed by atoms with Crippen LogP contribution in [0, 0.1) is 13.8 Å². The van der Waals surface area contributed by atoms with E-state index < -0.39 is 10.0 Å². The van der Waals surface area contributed by atoms with Gasteiger partial charge in [0, 0.05) is 13.1 Å². The van der Waals surface area contributed by atoms with Gasteiger partial charge in [0.05, 0.1) is 4.90 Å². The van der Waals surface area contributed by atoms with Gasteiger partial charge in [0.2, 0.25) is 10.0 Å².